The first kappa shape index (κ1) is 25.0. The van der Waals surface area contributed by atoms with E-state index in [4.69, 9.17) is 5.73 Å². The van der Waals surface area contributed by atoms with Crippen molar-refractivity contribution in [3.05, 3.63) is 65.7 Å². The second-order valence-electron chi connectivity index (χ2n) is 8.82. The van der Waals surface area contributed by atoms with Crippen LogP contribution in [0.3, 0.4) is 0 Å². The van der Waals surface area contributed by atoms with Crippen molar-refractivity contribution >= 4 is 28.3 Å². The van der Waals surface area contributed by atoms with E-state index in [9.17, 15) is 18.0 Å². The number of hydrogen-bond donors (Lipinski definition) is 2. The third-order valence-electron chi connectivity index (χ3n) is 5.73. The minimum atomic E-state index is -4.50. The third kappa shape index (κ3) is 5.40. The average Bonchev–Trinajstić information content (AvgIpc) is 3.26. The Morgan fingerprint density at radius 1 is 1.14 bits per heavy atom. The Morgan fingerprint density at radius 3 is 2.58 bits per heavy atom. The van der Waals surface area contributed by atoms with Gasteiger partial charge in [-0.2, -0.15) is 18.3 Å². The molecule has 4 aromatic rings. The van der Waals surface area contributed by atoms with Gasteiger partial charge < -0.3 is 16.0 Å². The number of amides is 1. The largest absolute Gasteiger partial charge is 0.416 e. The number of likely N-dealkylation sites (N-methyl/N-ethyl adjacent to an activating group) is 1. The Bertz CT molecular complexity index is 1430. The lowest BCUT2D eigenvalue weighted by Crippen LogP contribution is -2.26. The van der Waals surface area contributed by atoms with Gasteiger partial charge in [-0.3, -0.25) is 9.48 Å². The number of rotatable bonds is 6. The number of aryl methyl sites for hydroxylation is 1. The second-order valence-corrected chi connectivity index (χ2v) is 8.82. The van der Waals surface area contributed by atoms with E-state index in [0.29, 0.717) is 28.1 Å². The molecular formula is C25H26F3N7O. The number of carbonyl (C=O) groups excluding carboxylic acids is 1. The van der Waals surface area contributed by atoms with E-state index in [0.717, 1.165) is 23.3 Å². The summed E-state index contributed by atoms with van der Waals surface area (Å²) in [6.07, 6.45) is -1.06. The fourth-order valence-corrected chi connectivity index (χ4v) is 3.79. The lowest BCUT2D eigenvalue weighted by atomic mass is 10.0. The molecule has 0 aliphatic rings. The molecule has 0 fully saturated rings. The molecule has 0 saturated heterocycles. The summed E-state index contributed by atoms with van der Waals surface area (Å²) in [5.74, 6) is 0.921. The number of aromatic nitrogens is 4. The lowest BCUT2D eigenvalue weighted by Gasteiger charge is -2.19. The van der Waals surface area contributed by atoms with Crippen LogP contribution >= 0.6 is 0 Å². The number of fused-ring (bicyclic) bond motifs is 1. The molecule has 36 heavy (non-hydrogen) atoms. The number of nitrogens with one attached hydrogen (secondary N) is 1. The topological polar surface area (TPSA) is 102 Å². The predicted octanol–water partition coefficient (Wildman–Crippen LogP) is 4.66. The van der Waals surface area contributed by atoms with Crippen LogP contribution in [0.15, 0.2) is 48.8 Å². The first-order valence-corrected chi connectivity index (χ1v) is 11.2. The zero-order chi connectivity index (χ0) is 26.2. The number of nitrogen functional groups attached to an aromatic ring is 1. The number of anilines is 2. The molecule has 0 radical (unpaired) electrons. The summed E-state index contributed by atoms with van der Waals surface area (Å²) in [6, 6.07) is 8.62. The van der Waals surface area contributed by atoms with Gasteiger partial charge in [-0.25, -0.2) is 9.97 Å². The highest BCUT2D eigenvalue weighted by atomic mass is 19.4. The van der Waals surface area contributed by atoms with Crippen LogP contribution in [0.25, 0.3) is 22.0 Å². The summed E-state index contributed by atoms with van der Waals surface area (Å²) >= 11 is 0. The Hall–Kier alpha value is -4.15. The highest BCUT2D eigenvalue weighted by Gasteiger charge is 2.31. The van der Waals surface area contributed by atoms with Crippen molar-refractivity contribution in [2.45, 2.75) is 32.6 Å². The first-order valence-electron chi connectivity index (χ1n) is 11.2. The summed E-state index contributed by atoms with van der Waals surface area (Å²) < 4.78 is 41.4. The van der Waals surface area contributed by atoms with Crippen LogP contribution < -0.4 is 11.1 Å². The summed E-state index contributed by atoms with van der Waals surface area (Å²) in [4.78, 5) is 22.5. The van der Waals surface area contributed by atoms with E-state index >= 15 is 0 Å². The van der Waals surface area contributed by atoms with E-state index in [1.165, 1.54) is 11.0 Å². The molecule has 0 bridgehead atoms. The molecule has 8 nitrogen and oxygen atoms in total. The molecule has 0 aliphatic heterocycles. The van der Waals surface area contributed by atoms with E-state index in [2.05, 4.69) is 20.4 Å². The maximum absolute atomic E-state index is 13.3. The van der Waals surface area contributed by atoms with Crippen molar-refractivity contribution in [3.8, 4) is 11.1 Å². The van der Waals surface area contributed by atoms with E-state index in [1.807, 2.05) is 18.2 Å². The lowest BCUT2D eigenvalue weighted by molar-refractivity contribution is -0.137. The fourth-order valence-electron chi connectivity index (χ4n) is 3.79. The maximum Gasteiger partial charge on any atom is 0.416 e. The van der Waals surface area contributed by atoms with Crippen LogP contribution in [-0.4, -0.2) is 44.7 Å². The molecule has 2 heterocycles. The summed E-state index contributed by atoms with van der Waals surface area (Å²) in [7, 11) is 3.36. The van der Waals surface area contributed by atoms with Crippen LogP contribution in [0, 0.1) is 6.92 Å². The Balaban J connectivity index is 1.68. The number of benzene rings is 2. The van der Waals surface area contributed by atoms with Crippen molar-refractivity contribution in [1.29, 1.82) is 0 Å². The highest BCUT2D eigenvalue weighted by Crippen LogP contribution is 2.34. The Morgan fingerprint density at radius 2 is 1.89 bits per heavy atom. The van der Waals surface area contributed by atoms with Gasteiger partial charge >= 0.3 is 6.18 Å². The molecule has 0 saturated carbocycles. The van der Waals surface area contributed by atoms with Crippen molar-refractivity contribution in [2.75, 3.05) is 25.1 Å². The summed E-state index contributed by atoms with van der Waals surface area (Å²) in [5, 5.41) is 8.20. The molecule has 3 N–H and O–H groups in total. The smallest absolute Gasteiger partial charge is 0.399 e. The number of carbonyl (C=O) groups is 1. The zero-order valence-electron chi connectivity index (χ0n) is 20.3. The molecule has 1 atom stereocenters. The van der Waals surface area contributed by atoms with Gasteiger partial charge in [0.2, 0.25) is 5.91 Å². The van der Waals surface area contributed by atoms with Gasteiger partial charge in [0.25, 0.3) is 0 Å². The third-order valence-corrected chi connectivity index (χ3v) is 5.73. The van der Waals surface area contributed by atoms with Crippen molar-refractivity contribution in [2.24, 2.45) is 0 Å². The van der Waals surface area contributed by atoms with Gasteiger partial charge in [0, 0.05) is 36.9 Å². The normalized spacial score (nSPS) is 12.5. The second kappa shape index (κ2) is 9.48. The van der Waals surface area contributed by atoms with Crippen molar-refractivity contribution < 1.29 is 18.0 Å². The molecule has 0 aliphatic carbocycles. The van der Waals surface area contributed by atoms with Crippen LogP contribution in [0.1, 0.15) is 29.9 Å². The van der Waals surface area contributed by atoms with E-state index in [-0.39, 0.29) is 18.1 Å². The predicted molar refractivity (Wildman–Crippen MR) is 132 cm³/mol. The first-order chi connectivity index (χ1) is 16.9. The van der Waals surface area contributed by atoms with Gasteiger partial charge in [-0.05, 0) is 55.3 Å². The van der Waals surface area contributed by atoms with Gasteiger partial charge in [-0.1, -0.05) is 6.07 Å². The summed E-state index contributed by atoms with van der Waals surface area (Å²) in [6.45, 7) is 3.61. The molecule has 11 heteroatoms. The molecule has 2 aromatic heterocycles. The van der Waals surface area contributed by atoms with Crippen LogP contribution in [0.2, 0.25) is 0 Å². The molecule has 0 spiro atoms. The standard InChI is InChI=1S/C25H26F3N7O/c1-14(17-7-19(25(26,27)28)10-20(29)8-17)31-24-21-9-16(5-6-22(21)32-15(2)33-24)18-11-30-35(12-18)13-23(36)34(3)4/h5-12,14H,13,29H2,1-4H3,(H,31,32,33)/t14-/m0/s1. The zero-order valence-corrected chi connectivity index (χ0v) is 20.3. The average molecular weight is 498 g/mol. The number of halogens is 3. The van der Waals surface area contributed by atoms with Gasteiger partial charge in [0.05, 0.1) is 23.3 Å². The molecular weight excluding hydrogens is 471 g/mol. The van der Waals surface area contributed by atoms with Gasteiger partial charge in [0.15, 0.2) is 0 Å². The number of nitrogens with zero attached hydrogens (tertiary/aromatic N) is 5. The van der Waals surface area contributed by atoms with E-state index in [1.54, 1.807) is 45.0 Å². The fraction of sp³-hybridized carbons (Fsp3) is 0.280. The number of nitrogens with two attached hydrogens (primary N) is 1. The molecule has 0 unspecified atom stereocenters. The monoisotopic (exact) mass is 497 g/mol. The van der Waals surface area contributed by atoms with Crippen LogP contribution in [0.5, 0.6) is 0 Å². The van der Waals surface area contributed by atoms with E-state index < -0.39 is 17.8 Å². The number of alkyl halides is 3. The minimum absolute atomic E-state index is 0.0317. The molecule has 1 amide bonds. The minimum Gasteiger partial charge on any atom is -0.399 e. The molecule has 188 valence electrons. The van der Waals surface area contributed by atoms with Crippen LogP contribution in [0.4, 0.5) is 24.7 Å². The van der Waals surface area contributed by atoms with Gasteiger partial charge in [-0.15, -0.1) is 0 Å². The Kier molecular flexibility index (Phi) is 6.57. The maximum atomic E-state index is 13.3. The molecule has 2 aromatic carbocycles. The SMILES string of the molecule is Cc1nc(N[C@@H](C)c2cc(N)cc(C(F)(F)F)c2)c2cc(-c3cnn(CC(=O)N(C)C)c3)ccc2n1. The number of hydrogen-bond acceptors (Lipinski definition) is 6. The Labute approximate surface area is 206 Å². The highest BCUT2D eigenvalue weighted by molar-refractivity contribution is 5.92. The summed E-state index contributed by atoms with van der Waals surface area (Å²) in [5.41, 5.74) is 7.67. The quantitative estimate of drug-likeness (QED) is 0.376. The van der Waals surface area contributed by atoms with Crippen molar-refractivity contribution in [3.63, 3.8) is 0 Å². The van der Waals surface area contributed by atoms with Crippen LogP contribution in [-0.2, 0) is 17.5 Å². The molecule has 4 rings (SSSR count). The van der Waals surface area contributed by atoms with Gasteiger partial charge in [0.1, 0.15) is 18.2 Å². The van der Waals surface area contributed by atoms with Crippen molar-refractivity contribution in [1.82, 2.24) is 24.6 Å².